The van der Waals surface area contributed by atoms with Gasteiger partial charge in [0.2, 0.25) is 0 Å². The Morgan fingerprint density at radius 3 is 3.11 bits per heavy atom. The largest absolute Gasteiger partial charge is 0.391 e. The summed E-state index contributed by atoms with van der Waals surface area (Å²) < 4.78 is 0. The Bertz CT molecular complexity index is 447. The van der Waals surface area contributed by atoms with Gasteiger partial charge in [-0.15, -0.1) is 6.58 Å². The third kappa shape index (κ3) is 3.78. The highest BCUT2D eigenvalue weighted by Gasteiger charge is 2.25. The van der Waals surface area contributed by atoms with E-state index in [0.717, 1.165) is 25.7 Å². The first-order valence-corrected chi connectivity index (χ1v) is 7.32. The molecule has 2 atom stereocenters. The molecule has 1 aromatic rings. The Labute approximate surface area is 116 Å². The summed E-state index contributed by atoms with van der Waals surface area (Å²) in [6.45, 7) is 4.23. The van der Waals surface area contributed by atoms with Gasteiger partial charge in [-0.25, -0.2) is 4.98 Å². The van der Waals surface area contributed by atoms with Gasteiger partial charge in [-0.1, -0.05) is 30.3 Å². The van der Waals surface area contributed by atoms with E-state index >= 15 is 0 Å². The molecular formula is C13H19N3O2S. The van der Waals surface area contributed by atoms with Gasteiger partial charge in [0.05, 0.1) is 18.3 Å². The van der Waals surface area contributed by atoms with Crippen LogP contribution < -0.4 is 10.6 Å². The van der Waals surface area contributed by atoms with E-state index in [0.29, 0.717) is 16.6 Å². The van der Waals surface area contributed by atoms with E-state index in [2.05, 4.69) is 22.2 Å². The van der Waals surface area contributed by atoms with E-state index in [1.54, 1.807) is 12.3 Å². The first-order valence-electron chi connectivity index (χ1n) is 6.50. The van der Waals surface area contributed by atoms with Gasteiger partial charge in [0.15, 0.2) is 5.13 Å². The van der Waals surface area contributed by atoms with Crippen molar-refractivity contribution in [1.82, 2.24) is 10.3 Å². The molecule has 3 N–H and O–H groups in total. The maximum atomic E-state index is 12.0. The summed E-state index contributed by atoms with van der Waals surface area (Å²) in [4.78, 5) is 16.7. The van der Waals surface area contributed by atoms with Gasteiger partial charge in [-0.3, -0.25) is 4.79 Å². The SMILES string of the molecule is C=CCNc1ncc(C(=O)NC2CCCCC2O)s1. The molecule has 1 fully saturated rings. The van der Waals surface area contributed by atoms with Crippen molar-refractivity contribution in [2.24, 2.45) is 0 Å². The molecule has 2 rings (SSSR count). The lowest BCUT2D eigenvalue weighted by Gasteiger charge is -2.28. The summed E-state index contributed by atoms with van der Waals surface area (Å²) in [5, 5.41) is 16.5. The molecular weight excluding hydrogens is 262 g/mol. The molecule has 0 spiro atoms. The van der Waals surface area contributed by atoms with Crippen molar-refractivity contribution in [2.45, 2.75) is 37.8 Å². The highest BCUT2D eigenvalue weighted by Crippen LogP contribution is 2.21. The number of thiazole rings is 1. The molecule has 0 saturated heterocycles. The number of rotatable bonds is 5. The van der Waals surface area contributed by atoms with Crippen molar-refractivity contribution in [2.75, 3.05) is 11.9 Å². The van der Waals surface area contributed by atoms with Gasteiger partial charge in [-0.2, -0.15) is 0 Å². The van der Waals surface area contributed by atoms with Gasteiger partial charge < -0.3 is 15.7 Å². The molecule has 1 amide bonds. The van der Waals surface area contributed by atoms with Crippen LogP contribution >= 0.6 is 11.3 Å². The molecule has 0 bridgehead atoms. The first kappa shape index (κ1) is 14.0. The van der Waals surface area contributed by atoms with E-state index < -0.39 is 6.10 Å². The monoisotopic (exact) mass is 281 g/mol. The van der Waals surface area contributed by atoms with Crippen LogP contribution in [0, 0.1) is 0 Å². The number of aliphatic hydroxyl groups excluding tert-OH is 1. The Morgan fingerprint density at radius 1 is 1.58 bits per heavy atom. The molecule has 5 nitrogen and oxygen atoms in total. The summed E-state index contributed by atoms with van der Waals surface area (Å²) in [5.74, 6) is -0.157. The van der Waals surface area contributed by atoms with Crippen molar-refractivity contribution in [1.29, 1.82) is 0 Å². The standard InChI is InChI=1S/C13H19N3O2S/c1-2-7-14-13-15-8-11(19-13)12(18)16-9-5-3-4-6-10(9)17/h2,8-10,17H,1,3-7H2,(H,14,15)(H,16,18). The van der Waals surface area contributed by atoms with Crippen molar-refractivity contribution < 1.29 is 9.90 Å². The number of nitrogens with one attached hydrogen (secondary N) is 2. The van der Waals surface area contributed by atoms with Crippen LogP contribution in [0.1, 0.15) is 35.4 Å². The van der Waals surface area contributed by atoms with Gasteiger partial charge in [0.25, 0.3) is 5.91 Å². The smallest absolute Gasteiger partial charge is 0.263 e. The van der Waals surface area contributed by atoms with Crippen LogP contribution in [-0.2, 0) is 0 Å². The molecule has 2 unspecified atom stereocenters. The second-order valence-electron chi connectivity index (χ2n) is 4.63. The van der Waals surface area contributed by atoms with E-state index in [9.17, 15) is 9.90 Å². The summed E-state index contributed by atoms with van der Waals surface area (Å²) in [6, 6.07) is -0.132. The average molecular weight is 281 g/mol. The predicted octanol–water partition coefficient (Wildman–Crippen LogP) is 1.77. The number of aliphatic hydroxyl groups is 1. The number of amides is 1. The van der Waals surface area contributed by atoms with Crippen LogP contribution in [0.4, 0.5) is 5.13 Å². The third-order valence-corrected chi connectivity index (χ3v) is 4.13. The molecule has 19 heavy (non-hydrogen) atoms. The normalized spacial score (nSPS) is 22.8. The predicted molar refractivity (Wildman–Crippen MR) is 76.5 cm³/mol. The molecule has 1 aliphatic rings. The lowest BCUT2D eigenvalue weighted by Crippen LogP contribution is -2.44. The van der Waals surface area contributed by atoms with Crippen LogP contribution in [0.5, 0.6) is 0 Å². The van der Waals surface area contributed by atoms with Gasteiger partial charge in [0.1, 0.15) is 4.88 Å². The zero-order valence-electron chi connectivity index (χ0n) is 10.8. The van der Waals surface area contributed by atoms with Crippen molar-refractivity contribution in [3.05, 3.63) is 23.7 Å². The Hall–Kier alpha value is -1.40. The minimum atomic E-state index is -0.427. The summed E-state index contributed by atoms with van der Waals surface area (Å²) >= 11 is 1.31. The highest BCUT2D eigenvalue weighted by atomic mass is 32.1. The van der Waals surface area contributed by atoms with Crippen LogP contribution in [0.2, 0.25) is 0 Å². The third-order valence-electron chi connectivity index (χ3n) is 3.17. The molecule has 1 aliphatic carbocycles. The lowest BCUT2D eigenvalue weighted by molar-refractivity contribution is 0.0720. The Morgan fingerprint density at radius 2 is 2.37 bits per heavy atom. The Kier molecular flexibility index (Phi) is 4.93. The van der Waals surface area contributed by atoms with Gasteiger partial charge in [0, 0.05) is 6.54 Å². The average Bonchev–Trinajstić information content (AvgIpc) is 2.88. The number of hydrogen-bond acceptors (Lipinski definition) is 5. The number of hydrogen-bond donors (Lipinski definition) is 3. The zero-order valence-corrected chi connectivity index (χ0v) is 11.6. The molecule has 0 aromatic carbocycles. The fraction of sp³-hybridized carbons (Fsp3) is 0.538. The van der Waals surface area contributed by atoms with Crippen LogP contribution in [0.3, 0.4) is 0 Å². The molecule has 6 heteroatoms. The maximum Gasteiger partial charge on any atom is 0.263 e. The molecule has 1 aromatic heterocycles. The van der Waals surface area contributed by atoms with Crippen LogP contribution in [0.15, 0.2) is 18.9 Å². The lowest BCUT2D eigenvalue weighted by atomic mass is 9.92. The van der Waals surface area contributed by atoms with Crippen LogP contribution in [-0.4, -0.2) is 34.7 Å². The second kappa shape index (κ2) is 6.68. The number of carbonyl (C=O) groups is 1. The van der Waals surface area contributed by atoms with E-state index in [4.69, 9.17) is 0 Å². The number of anilines is 1. The van der Waals surface area contributed by atoms with E-state index in [1.165, 1.54) is 11.3 Å². The summed E-state index contributed by atoms with van der Waals surface area (Å²) in [5.41, 5.74) is 0. The molecule has 0 radical (unpaired) electrons. The van der Waals surface area contributed by atoms with E-state index in [1.807, 2.05) is 0 Å². The number of carbonyl (C=O) groups excluding carboxylic acids is 1. The molecule has 1 saturated carbocycles. The van der Waals surface area contributed by atoms with Crippen LogP contribution in [0.25, 0.3) is 0 Å². The topological polar surface area (TPSA) is 74.2 Å². The molecule has 104 valence electrons. The maximum absolute atomic E-state index is 12.0. The summed E-state index contributed by atoms with van der Waals surface area (Å²) in [7, 11) is 0. The highest BCUT2D eigenvalue weighted by molar-refractivity contribution is 7.17. The van der Waals surface area contributed by atoms with Gasteiger partial charge >= 0.3 is 0 Å². The fourth-order valence-electron chi connectivity index (χ4n) is 2.14. The second-order valence-corrected chi connectivity index (χ2v) is 5.66. The van der Waals surface area contributed by atoms with Crippen molar-refractivity contribution in [3.63, 3.8) is 0 Å². The van der Waals surface area contributed by atoms with Crippen molar-refractivity contribution in [3.8, 4) is 0 Å². The summed E-state index contributed by atoms with van der Waals surface area (Å²) in [6.07, 6.45) is 6.55. The number of nitrogens with zero attached hydrogens (tertiary/aromatic N) is 1. The van der Waals surface area contributed by atoms with Gasteiger partial charge in [-0.05, 0) is 12.8 Å². The minimum Gasteiger partial charge on any atom is -0.391 e. The minimum absolute atomic E-state index is 0.132. The molecule has 1 heterocycles. The van der Waals surface area contributed by atoms with E-state index in [-0.39, 0.29) is 11.9 Å². The first-order chi connectivity index (χ1) is 9.20. The zero-order chi connectivity index (χ0) is 13.7. The fourth-order valence-corrected chi connectivity index (χ4v) is 2.87. The van der Waals surface area contributed by atoms with Crippen molar-refractivity contribution >= 4 is 22.4 Å². The quantitative estimate of drug-likeness (QED) is 0.719. The number of aromatic nitrogens is 1. The molecule has 0 aliphatic heterocycles. The Balaban J connectivity index is 1.91.